The van der Waals surface area contributed by atoms with E-state index in [1.165, 1.54) is 14.0 Å². The molecule has 0 amide bonds. The van der Waals surface area contributed by atoms with Crippen molar-refractivity contribution in [3.63, 3.8) is 0 Å². The minimum atomic E-state index is -4.85. The summed E-state index contributed by atoms with van der Waals surface area (Å²) >= 11 is 0. The van der Waals surface area contributed by atoms with Gasteiger partial charge < -0.3 is 9.47 Å². The zero-order valence-corrected chi connectivity index (χ0v) is 7.94. The number of aromatic amines is 1. The van der Waals surface area contributed by atoms with Crippen LogP contribution in [0.15, 0.2) is 10.9 Å². The number of nitrogens with one attached hydrogen (secondary N) is 1. The lowest BCUT2D eigenvalue weighted by Gasteiger charge is -2.12. The zero-order valence-electron chi connectivity index (χ0n) is 7.94. The van der Waals surface area contributed by atoms with Crippen LogP contribution in [0.3, 0.4) is 0 Å². The predicted molar refractivity (Wildman–Crippen MR) is 45.0 cm³/mol. The van der Waals surface area contributed by atoms with Crippen molar-refractivity contribution in [3.05, 3.63) is 22.0 Å². The molecular weight excluding hydrogens is 215 g/mol. The van der Waals surface area contributed by atoms with E-state index in [1.54, 1.807) is 0 Å². The lowest BCUT2D eigenvalue weighted by Crippen LogP contribution is -2.21. The number of ether oxygens (including phenoxy) is 2. The number of pyridine rings is 1. The summed E-state index contributed by atoms with van der Waals surface area (Å²) in [4.78, 5) is 12.9. The van der Waals surface area contributed by atoms with Crippen LogP contribution in [0.1, 0.15) is 5.56 Å². The van der Waals surface area contributed by atoms with Crippen molar-refractivity contribution in [2.24, 2.45) is 0 Å². The number of alkyl halides is 3. The molecule has 1 N–H and O–H groups in total. The van der Waals surface area contributed by atoms with Gasteiger partial charge in [0, 0.05) is 6.07 Å². The van der Waals surface area contributed by atoms with Gasteiger partial charge in [0.1, 0.15) is 5.75 Å². The second-order valence-electron chi connectivity index (χ2n) is 2.70. The fourth-order valence-corrected chi connectivity index (χ4v) is 1.01. The van der Waals surface area contributed by atoms with E-state index in [0.29, 0.717) is 0 Å². The third-order valence-corrected chi connectivity index (χ3v) is 1.65. The molecule has 0 atom stereocenters. The Hall–Kier alpha value is -1.66. The van der Waals surface area contributed by atoms with Crippen LogP contribution in [-0.4, -0.2) is 18.5 Å². The molecule has 0 aromatic carbocycles. The monoisotopic (exact) mass is 223 g/mol. The van der Waals surface area contributed by atoms with Crippen molar-refractivity contribution in [2.45, 2.75) is 13.3 Å². The van der Waals surface area contributed by atoms with Crippen LogP contribution in [0.5, 0.6) is 11.6 Å². The average Bonchev–Trinajstić information content (AvgIpc) is 2.08. The molecule has 4 nitrogen and oxygen atoms in total. The Bertz CT molecular complexity index is 411. The fraction of sp³-hybridized carbons (Fsp3) is 0.375. The second kappa shape index (κ2) is 3.84. The van der Waals surface area contributed by atoms with Gasteiger partial charge >= 0.3 is 6.36 Å². The Morgan fingerprint density at radius 2 is 2.00 bits per heavy atom. The molecule has 0 aliphatic carbocycles. The summed E-state index contributed by atoms with van der Waals surface area (Å²) in [6.07, 6.45) is -4.85. The molecule has 0 radical (unpaired) electrons. The highest BCUT2D eigenvalue weighted by Crippen LogP contribution is 2.27. The largest absolute Gasteiger partial charge is 0.574 e. The van der Waals surface area contributed by atoms with Crippen LogP contribution >= 0.6 is 0 Å². The highest BCUT2D eigenvalue weighted by atomic mass is 19.4. The third-order valence-electron chi connectivity index (χ3n) is 1.65. The van der Waals surface area contributed by atoms with Gasteiger partial charge in [0.05, 0.1) is 12.7 Å². The number of aromatic nitrogens is 1. The lowest BCUT2D eigenvalue weighted by atomic mass is 10.3. The van der Waals surface area contributed by atoms with Gasteiger partial charge in [-0.15, -0.1) is 13.2 Å². The summed E-state index contributed by atoms with van der Waals surface area (Å²) in [5.41, 5.74) is -0.647. The molecule has 0 bridgehead atoms. The smallest absolute Gasteiger partial charge is 0.496 e. The molecule has 84 valence electrons. The van der Waals surface area contributed by atoms with Gasteiger partial charge in [0.2, 0.25) is 5.88 Å². The lowest BCUT2D eigenvalue weighted by molar-refractivity contribution is -0.276. The minimum absolute atomic E-state index is 0.0398. The SMILES string of the molecule is COc1cc(=O)[nH]c(OC(F)(F)F)c1C. The van der Waals surface area contributed by atoms with Crippen LogP contribution in [0.4, 0.5) is 13.2 Å². The Balaban J connectivity index is 3.18. The molecule has 15 heavy (non-hydrogen) atoms. The van der Waals surface area contributed by atoms with Gasteiger partial charge in [-0.1, -0.05) is 0 Å². The van der Waals surface area contributed by atoms with Gasteiger partial charge in [0.15, 0.2) is 0 Å². The molecule has 0 saturated heterocycles. The molecule has 0 aliphatic rings. The summed E-state index contributed by atoms with van der Waals surface area (Å²) in [5, 5.41) is 0. The van der Waals surface area contributed by atoms with E-state index in [0.717, 1.165) is 6.07 Å². The van der Waals surface area contributed by atoms with Crippen molar-refractivity contribution < 1.29 is 22.6 Å². The van der Waals surface area contributed by atoms with Gasteiger partial charge in [-0.05, 0) is 6.92 Å². The molecule has 1 aromatic rings. The van der Waals surface area contributed by atoms with Crippen LogP contribution in [0.25, 0.3) is 0 Å². The molecule has 0 unspecified atom stereocenters. The highest BCUT2D eigenvalue weighted by molar-refractivity contribution is 5.38. The van der Waals surface area contributed by atoms with Crippen molar-refractivity contribution in [2.75, 3.05) is 7.11 Å². The maximum Gasteiger partial charge on any atom is 0.574 e. The maximum absolute atomic E-state index is 11.9. The number of rotatable bonds is 2. The van der Waals surface area contributed by atoms with Crippen LogP contribution < -0.4 is 15.0 Å². The summed E-state index contributed by atoms with van der Waals surface area (Å²) in [6.45, 7) is 1.34. The van der Waals surface area contributed by atoms with E-state index in [2.05, 4.69) is 4.74 Å². The first-order chi connectivity index (χ1) is 6.83. The molecule has 1 aromatic heterocycles. The molecule has 0 fully saturated rings. The fourth-order valence-electron chi connectivity index (χ4n) is 1.01. The van der Waals surface area contributed by atoms with Crippen LogP contribution in [-0.2, 0) is 0 Å². The van der Waals surface area contributed by atoms with E-state index < -0.39 is 17.8 Å². The Labute approximate surface area is 82.6 Å². The summed E-state index contributed by atoms with van der Waals surface area (Å²) < 4.78 is 44.0. The standard InChI is InChI=1S/C8H8F3NO3/c1-4-5(14-2)3-6(13)12-7(4)15-8(9,10)11/h3H,1-2H3,(H,12,13). The molecular formula is C8H8F3NO3. The quantitative estimate of drug-likeness (QED) is 0.828. The van der Waals surface area contributed by atoms with Crippen molar-refractivity contribution in [1.29, 1.82) is 0 Å². The Morgan fingerprint density at radius 3 is 2.47 bits per heavy atom. The number of methoxy groups -OCH3 is 1. The number of H-pyrrole nitrogens is 1. The topological polar surface area (TPSA) is 51.3 Å². The van der Waals surface area contributed by atoms with Gasteiger partial charge in [-0.2, -0.15) is 0 Å². The molecule has 0 spiro atoms. The molecule has 1 heterocycles. The summed E-state index contributed by atoms with van der Waals surface area (Å²) in [6, 6.07) is 1.04. The predicted octanol–water partition coefficient (Wildman–Crippen LogP) is 1.59. The van der Waals surface area contributed by atoms with Gasteiger partial charge in [-0.3, -0.25) is 9.78 Å². The first-order valence-electron chi connectivity index (χ1n) is 3.87. The van der Waals surface area contributed by atoms with Gasteiger partial charge in [-0.25, -0.2) is 0 Å². The normalized spacial score (nSPS) is 11.3. The van der Waals surface area contributed by atoms with E-state index in [9.17, 15) is 18.0 Å². The Morgan fingerprint density at radius 1 is 1.40 bits per heavy atom. The maximum atomic E-state index is 11.9. The van der Waals surface area contributed by atoms with E-state index in [-0.39, 0.29) is 11.3 Å². The first kappa shape index (κ1) is 11.4. The molecule has 1 rings (SSSR count). The zero-order chi connectivity index (χ0) is 11.6. The summed E-state index contributed by atoms with van der Waals surface area (Å²) in [5.74, 6) is -0.621. The molecule has 0 aliphatic heterocycles. The van der Waals surface area contributed by atoms with E-state index >= 15 is 0 Å². The number of halogens is 3. The highest BCUT2D eigenvalue weighted by Gasteiger charge is 2.32. The van der Waals surface area contributed by atoms with Gasteiger partial charge in [0.25, 0.3) is 5.56 Å². The van der Waals surface area contributed by atoms with Crippen LogP contribution in [0, 0.1) is 6.92 Å². The third kappa shape index (κ3) is 2.90. The molecule has 0 saturated carbocycles. The van der Waals surface area contributed by atoms with Crippen molar-refractivity contribution in [1.82, 2.24) is 4.98 Å². The number of hydrogen-bond acceptors (Lipinski definition) is 3. The van der Waals surface area contributed by atoms with E-state index in [4.69, 9.17) is 4.74 Å². The van der Waals surface area contributed by atoms with Crippen LogP contribution in [0.2, 0.25) is 0 Å². The minimum Gasteiger partial charge on any atom is -0.496 e. The van der Waals surface area contributed by atoms with Crippen molar-refractivity contribution >= 4 is 0 Å². The Kier molecular flexibility index (Phi) is 2.92. The van der Waals surface area contributed by atoms with Crippen molar-refractivity contribution in [3.8, 4) is 11.6 Å². The summed E-state index contributed by atoms with van der Waals surface area (Å²) in [7, 11) is 1.25. The average molecular weight is 223 g/mol. The first-order valence-corrected chi connectivity index (χ1v) is 3.87. The number of hydrogen-bond donors (Lipinski definition) is 1. The van der Waals surface area contributed by atoms with E-state index in [1.807, 2.05) is 4.98 Å². The second-order valence-corrected chi connectivity index (χ2v) is 2.70. The molecule has 7 heteroatoms.